The molecule has 9 heteroatoms. The summed E-state index contributed by atoms with van der Waals surface area (Å²) in [7, 11) is 0. The van der Waals surface area contributed by atoms with Crippen LogP contribution >= 0.6 is 0 Å². The second kappa shape index (κ2) is 6.14. The maximum absolute atomic E-state index is 13.1. The zero-order chi connectivity index (χ0) is 17.3. The minimum absolute atomic E-state index is 0.0380. The van der Waals surface area contributed by atoms with Crippen LogP contribution in [-0.4, -0.2) is 25.6 Å². The van der Waals surface area contributed by atoms with Gasteiger partial charge < -0.3 is 14.9 Å². The van der Waals surface area contributed by atoms with Gasteiger partial charge in [0, 0.05) is 11.5 Å². The van der Waals surface area contributed by atoms with Gasteiger partial charge in [0.25, 0.3) is 0 Å². The number of aliphatic hydroxyl groups is 2. The number of hydrogen-bond donors (Lipinski definition) is 3. The monoisotopic (exact) mass is 339 g/mol. The Labute approximate surface area is 134 Å². The summed E-state index contributed by atoms with van der Waals surface area (Å²) in [6, 6.07) is 3.12. The third-order valence-corrected chi connectivity index (χ3v) is 3.29. The molecule has 0 amide bonds. The van der Waals surface area contributed by atoms with E-state index >= 15 is 0 Å². The smallest absolute Gasteiger partial charge is 0.417 e. The van der Waals surface area contributed by atoms with E-state index in [1.807, 2.05) is 0 Å². The second-order valence-electron chi connectivity index (χ2n) is 5.25. The van der Waals surface area contributed by atoms with E-state index < -0.39 is 18.0 Å². The highest BCUT2D eigenvalue weighted by atomic mass is 19.4. The Bertz CT molecular complexity index is 802. The van der Waals surface area contributed by atoms with E-state index in [2.05, 4.69) is 27.3 Å². The summed E-state index contributed by atoms with van der Waals surface area (Å²) < 4.78 is 44.5. The van der Waals surface area contributed by atoms with Crippen LogP contribution in [0.1, 0.15) is 36.0 Å². The van der Waals surface area contributed by atoms with Gasteiger partial charge in [-0.1, -0.05) is 17.1 Å². The standard InChI is InChI=1S/C15H12F3N3O3/c16-15(17,18)11-6-5-10(7-9(11)4-3-8-1-2-8)24-13-12(14(22)23)19-21-20-13/h5-8,14,22-23H,1-2H2,(H,19,20,21). The van der Waals surface area contributed by atoms with Crippen molar-refractivity contribution < 1.29 is 28.1 Å². The molecule has 0 radical (unpaired) electrons. The van der Waals surface area contributed by atoms with E-state index in [1.165, 1.54) is 0 Å². The van der Waals surface area contributed by atoms with E-state index in [9.17, 15) is 13.2 Å². The molecule has 6 nitrogen and oxygen atoms in total. The zero-order valence-electron chi connectivity index (χ0n) is 12.1. The molecule has 0 spiro atoms. The van der Waals surface area contributed by atoms with Crippen LogP contribution in [-0.2, 0) is 6.18 Å². The lowest BCUT2D eigenvalue weighted by molar-refractivity contribution is -0.137. The van der Waals surface area contributed by atoms with Crippen LogP contribution in [0.5, 0.6) is 11.6 Å². The lowest BCUT2D eigenvalue weighted by Gasteiger charge is -2.11. The topological polar surface area (TPSA) is 91.3 Å². The number of benzene rings is 1. The Morgan fingerprint density at radius 3 is 2.67 bits per heavy atom. The minimum Gasteiger partial charge on any atom is -0.437 e. The van der Waals surface area contributed by atoms with Crippen molar-refractivity contribution >= 4 is 0 Å². The van der Waals surface area contributed by atoms with Crippen LogP contribution in [0.2, 0.25) is 0 Å². The van der Waals surface area contributed by atoms with Gasteiger partial charge in [-0.3, -0.25) is 0 Å². The molecule has 1 saturated carbocycles. The normalized spacial score (nSPS) is 14.4. The molecule has 126 valence electrons. The van der Waals surface area contributed by atoms with Crippen molar-refractivity contribution in [2.24, 2.45) is 5.92 Å². The Balaban J connectivity index is 1.93. The molecule has 0 unspecified atom stereocenters. The van der Waals surface area contributed by atoms with Gasteiger partial charge in [0.1, 0.15) is 5.75 Å². The Morgan fingerprint density at radius 2 is 2.04 bits per heavy atom. The van der Waals surface area contributed by atoms with Gasteiger partial charge in [-0.25, -0.2) is 5.10 Å². The predicted octanol–water partition coefficient (Wildman–Crippen LogP) is 2.36. The molecule has 1 aliphatic rings. The van der Waals surface area contributed by atoms with Gasteiger partial charge in [-0.15, -0.1) is 5.10 Å². The van der Waals surface area contributed by atoms with Gasteiger partial charge in [0.2, 0.25) is 12.2 Å². The number of halogens is 3. The average molecular weight is 339 g/mol. The van der Waals surface area contributed by atoms with E-state index in [0.717, 1.165) is 31.0 Å². The summed E-state index contributed by atoms with van der Waals surface area (Å²) in [5.41, 5.74) is -1.33. The maximum Gasteiger partial charge on any atom is 0.417 e. The van der Waals surface area contributed by atoms with Gasteiger partial charge in [-0.05, 0) is 31.0 Å². The number of aromatic nitrogens is 3. The molecule has 1 fully saturated rings. The highest BCUT2D eigenvalue weighted by Crippen LogP contribution is 2.35. The average Bonchev–Trinajstić information content (AvgIpc) is 3.21. The number of ether oxygens (including phenoxy) is 1. The summed E-state index contributed by atoms with van der Waals surface area (Å²) in [5, 5.41) is 27.3. The van der Waals surface area contributed by atoms with Crippen LogP contribution in [0, 0.1) is 17.8 Å². The van der Waals surface area contributed by atoms with Crippen LogP contribution in [0.3, 0.4) is 0 Å². The first-order valence-corrected chi connectivity index (χ1v) is 7.02. The van der Waals surface area contributed by atoms with Crippen molar-refractivity contribution in [1.29, 1.82) is 0 Å². The Kier molecular flexibility index (Phi) is 4.17. The van der Waals surface area contributed by atoms with E-state index in [0.29, 0.717) is 0 Å². The summed E-state index contributed by atoms with van der Waals surface area (Å²) in [5.74, 6) is 5.34. The summed E-state index contributed by atoms with van der Waals surface area (Å²) >= 11 is 0. The first-order valence-electron chi connectivity index (χ1n) is 7.02. The first kappa shape index (κ1) is 16.3. The summed E-state index contributed by atoms with van der Waals surface area (Å²) in [6.07, 6.45) is -4.68. The molecular weight excluding hydrogens is 327 g/mol. The SMILES string of the molecule is OC(O)c1nn[nH]c1Oc1ccc(C(F)(F)F)c(C#CC2CC2)c1. The lowest BCUT2D eigenvalue weighted by atomic mass is 10.1. The zero-order valence-corrected chi connectivity index (χ0v) is 12.1. The van der Waals surface area contributed by atoms with Gasteiger partial charge in [0.15, 0.2) is 5.69 Å². The first-order chi connectivity index (χ1) is 11.3. The number of hydrogen-bond acceptors (Lipinski definition) is 5. The van der Waals surface area contributed by atoms with Gasteiger partial charge >= 0.3 is 6.18 Å². The molecule has 0 bridgehead atoms. The quantitative estimate of drug-likeness (QED) is 0.590. The van der Waals surface area contributed by atoms with Crippen molar-refractivity contribution in [3.63, 3.8) is 0 Å². The molecule has 1 aromatic carbocycles. The maximum atomic E-state index is 13.1. The molecule has 2 aromatic rings. The molecule has 0 saturated heterocycles. The van der Waals surface area contributed by atoms with Crippen LogP contribution in [0.25, 0.3) is 0 Å². The van der Waals surface area contributed by atoms with Crippen LogP contribution in [0.15, 0.2) is 18.2 Å². The van der Waals surface area contributed by atoms with Gasteiger partial charge in [0.05, 0.1) is 5.56 Å². The molecule has 1 heterocycles. The molecule has 1 aromatic heterocycles. The highest BCUT2D eigenvalue weighted by molar-refractivity contribution is 5.48. The molecular formula is C15H12F3N3O3. The summed E-state index contributed by atoms with van der Waals surface area (Å²) in [4.78, 5) is 0. The third kappa shape index (κ3) is 3.67. The van der Waals surface area contributed by atoms with Crippen molar-refractivity contribution in [2.45, 2.75) is 25.3 Å². The number of H-pyrrole nitrogens is 1. The third-order valence-electron chi connectivity index (χ3n) is 3.29. The van der Waals surface area contributed by atoms with E-state index in [4.69, 9.17) is 14.9 Å². The van der Waals surface area contributed by atoms with Crippen LogP contribution < -0.4 is 4.74 Å². The number of rotatable bonds is 3. The van der Waals surface area contributed by atoms with Crippen LogP contribution in [0.4, 0.5) is 13.2 Å². The minimum atomic E-state index is -4.53. The predicted molar refractivity (Wildman–Crippen MR) is 74.7 cm³/mol. The second-order valence-corrected chi connectivity index (χ2v) is 5.25. The van der Waals surface area contributed by atoms with Gasteiger partial charge in [-0.2, -0.15) is 13.2 Å². The number of aromatic amines is 1. The number of alkyl halides is 3. The fourth-order valence-corrected chi connectivity index (χ4v) is 1.93. The lowest BCUT2D eigenvalue weighted by Crippen LogP contribution is -2.08. The molecule has 24 heavy (non-hydrogen) atoms. The highest BCUT2D eigenvalue weighted by Gasteiger charge is 2.33. The number of nitrogens with zero attached hydrogens (tertiary/aromatic N) is 2. The van der Waals surface area contributed by atoms with Crippen molar-refractivity contribution in [2.75, 3.05) is 0 Å². The van der Waals surface area contributed by atoms with Crippen molar-refractivity contribution in [3.05, 3.63) is 35.0 Å². The Hall–Kier alpha value is -2.57. The van der Waals surface area contributed by atoms with Crippen molar-refractivity contribution in [3.8, 4) is 23.5 Å². The summed E-state index contributed by atoms with van der Waals surface area (Å²) in [6.45, 7) is 0. The van der Waals surface area contributed by atoms with E-state index in [1.54, 1.807) is 0 Å². The largest absolute Gasteiger partial charge is 0.437 e. The number of nitrogens with one attached hydrogen (secondary N) is 1. The fraction of sp³-hybridized carbons (Fsp3) is 0.333. The van der Waals surface area contributed by atoms with E-state index in [-0.39, 0.29) is 28.8 Å². The number of aliphatic hydroxyl groups excluding tert-OH is 1. The fourth-order valence-electron chi connectivity index (χ4n) is 1.93. The molecule has 0 atom stereocenters. The molecule has 1 aliphatic carbocycles. The molecule has 3 rings (SSSR count). The van der Waals surface area contributed by atoms with Crippen molar-refractivity contribution in [1.82, 2.24) is 15.4 Å². The Morgan fingerprint density at radius 1 is 1.29 bits per heavy atom. The molecule has 3 N–H and O–H groups in total. The molecule has 0 aliphatic heterocycles.